The Hall–Kier alpha value is -3.65. The van der Waals surface area contributed by atoms with Crippen molar-refractivity contribution in [3.8, 4) is 0 Å². The maximum atomic E-state index is 13.4. The minimum absolute atomic E-state index is 0.213. The maximum absolute atomic E-state index is 13.4. The van der Waals surface area contributed by atoms with Crippen LogP contribution >= 0.6 is 0 Å². The molecule has 1 saturated heterocycles. The first kappa shape index (κ1) is 23.5. The van der Waals surface area contributed by atoms with Gasteiger partial charge in [0.1, 0.15) is 12.1 Å². The molecule has 2 amide bonds. The summed E-state index contributed by atoms with van der Waals surface area (Å²) in [6.45, 7) is 0.777. The lowest BCUT2D eigenvalue weighted by Crippen LogP contribution is -2.55. The molecule has 3 atom stereocenters. The van der Waals surface area contributed by atoms with Crippen LogP contribution in [-0.4, -0.2) is 54.5 Å². The van der Waals surface area contributed by atoms with E-state index in [4.69, 9.17) is 4.74 Å². The summed E-state index contributed by atoms with van der Waals surface area (Å²) in [5.74, 6) is -1.18. The number of carbonyl (C=O) groups excluding carboxylic acids is 3. The average molecular weight is 463 g/mol. The standard InChI is InChI=1S/C26H30N4O4/c1-34-26(33)23(14-17-8-3-2-4-9-17)30-25(32)22(29-24(31)21-12-7-13-27-21)15-18-16-28-20-11-6-5-10-19(18)20/h2-6,8-11,16,21-23,27-28H,7,12-15H2,1H3,(H,29,31)(H,30,32). The zero-order valence-corrected chi connectivity index (χ0v) is 19.2. The van der Waals surface area contributed by atoms with Gasteiger partial charge in [-0.1, -0.05) is 48.5 Å². The molecule has 1 fully saturated rings. The van der Waals surface area contributed by atoms with Gasteiger partial charge in [0.2, 0.25) is 11.8 Å². The number of H-pyrrole nitrogens is 1. The van der Waals surface area contributed by atoms with Crippen molar-refractivity contribution < 1.29 is 19.1 Å². The fraction of sp³-hybridized carbons (Fsp3) is 0.346. The number of para-hydroxylation sites is 1. The van der Waals surface area contributed by atoms with Gasteiger partial charge in [-0.3, -0.25) is 9.59 Å². The van der Waals surface area contributed by atoms with Gasteiger partial charge in [-0.15, -0.1) is 0 Å². The Morgan fingerprint density at radius 1 is 1.00 bits per heavy atom. The Morgan fingerprint density at radius 2 is 1.76 bits per heavy atom. The number of aromatic nitrogens is 1. The summed E-state index contributed by atoms with van der Waals surface area (Å²) < 4.78 is 4.94. The van der Waals surface area contributed by atoms with Crippen LogP contribution in [0, 0.1) is 0 Å². The van der Waals surface area contributed by atoms with E-state index in [-0.39, 0.29) is 24.8 Å². The van der Waals surface area contributed by atoms with E-state index in [1.165, 1.54) is 7.11 Å². The van der Waals surface area contributed by atoms with Gasteiger partial charge >= 0.3 is 5.97 Å². The minimum atomic E-state index is -0.869. The summed E-state index contributed by atoms with van der Waals surface area (Å²) >= 11 is 0. The number of ether oxygens (including phenoxy) is 1. The van der Waals surface area contributed by atoms with E-state index < -0.39 is 24.0 Å². The van der Waals surface area contributed by atoms with Crippen molar-refractivity contribution in [3.05, 3.63) is 71.9 Å². The van der Waals surface area contributed by atoms with Gasteiger partial charge in [-0.25, -0.2) is 4.79 Å². The molecule has 0 saturated carbocycles. The summed E-state index contributed by atoms with van der Waals surface area (Å²) in [5, 5.41) is 9.88. The first-order chi connectivity index (χ1) is 16.5. The van der Waals surface area contributed by atoms with Gasteiger partial charge in [-0.2, -0.15) is 0 Å². The lowest BCUT2D eigenvalue weighted by molar-refractivity contribution is -0.145. The van der Waals surface area contributed by atoms with Gasteiger partial charge in [0.15, 0.2) is 0 Å². The summed E-state index contributed by atoms with van der Waals surface area (Å²) in [4.78, 5) is 41.9. The van der Waals surface area contributed by atoms with Crippen molar-refractivity contribution in [2.45, 2.75) is 43.8 Å². The lowest BCUT2D eigenvalue weighted by Gasteiger charge is -2.23. The number of aromatic amines is 1. The van der Waals surface area contributed by atoms with Crippen molar-refractivity contribution in [1.82, 2.24) is 20.9 Å². The van der Waals surface area contributed by atoms with Crippen LogP contribution in [0.5, 0.6) is 0 Å². The molecular formula is C26H30N4O4. The van der Waals surface area contributed by atoms with E-state index >= 15 is 0 Å². The molecular weight excluding hydrogens is 432 g/mol. The zero-order valence-electron chi connectivity index (χ0n) is 19.2. The highest BCUT2D eigenvalue weighted by Gasteiger charge is 2.31. The number of amides is 2. The topological polar surface area (TPSA) is 112 Å². The highest BCUT2D eigenvalue weighted by atomic mass is 16.5. The summed E-state index contributed by atoms with van der Waals surface area (Å²) in [5.41, 5.74) is 2.76. The Morgan fingerprint density at radius 3 is 2.50 bits per heavy atom. The molecule has 1 aliphatic heterocycles. The van der Waals surface area contributed by atoms with Crippen molar-refractivity contribution in [2.24, 2.45) is 0 Å². The molecule has 34 heavy (non-hydrogen) atoms. The Balaban J connectivity index is 1.54. The number of esters is 1. The molecule has 3 unspecified atom stereocenters. The largest absolute Gasteiger partial charge is 0.467 e. The number of benzene rings is 2. The number of methoxy groups -OCH3 is 1. The van der Waals surface area contributed by atoms with Crippen LogP contribution in [0.15, 0.2) is 60.8 Å². The molecule has 8 heteroatoms. The molecule has 0 spiro atoms. The van der Waals surface area contributed by atoms with E-state index in [1.807, 2.05) is 60.8 Å². The van der Waals surface area contributed by atoms with Gasteiger partial charge in [0.25, 0.3) is 0 Å². The van der Waals surface area contributed by atoms with Crippen LogP contribution in [0.1, 0.15) is 24.0 Å². The second-order valence-corrected chi connectivity index (χ2v) is 8.55. The molecule has 2 aromatic carbocycles. The minimum Gasteiger partial charge on any atom is -0.467 e. The van der Waals surface area contributed by atoms with Crippen LogP contribution in [0.3, 0.4) is 0 Å². The third-order valence-corrected chi connectivity index (χ3v) is 6.19. The first-order valence-electron chi connectivity index (χ1n) is 11.6. The maximum Gasteiger partial charge on any atom is 0.328 e. The lowest BCUT2D eigenvalue weighted by atomic mass is 10.0. The third-order valence-electron chi connectivity index (χ3n) is 6.19. The molecule has 1 aromatic heterocycles. The monoisotopic (exact) mass is 462 g/mol. The molecule has 1 aliphatic rings. The molecule has 8 nitrogen and oxygen atoms in total. The average Bonchev–Trinajstić information content (AvgIpc) is 3.54. The van der Waals surface area contributed by atoms with Crippen LogP contribution in [0.4, 0.5) is 0 Å². The number of nitrogens with one attached hydrogen (secondary N) is 4. The highest BCUT2D eigenvalue weighted by Crippen LogP contribution is 2.19. The number of rotatable bonds is 9. The first-order valence-corrected chi connectivity index (χ1v) is 11.6. The second kappa shape index (κ2) is 11.0. The van der Waals surface area contributed by atoms with Gasteiger partial charge < -0.3 is 25.7 Å². The smallest absolute Gasteiger partial charge is 0.328 e. The van der Waals surface area contributed by atoms with E-state index in [0.717, 1.165) is 41.4 Å². The van der Waals surface area contributed by atoms with Gasteiger partial charge in [-0.05, 0) is 36.6 Å². The van der Waals surface area contributed by atoms with E-state index in [9.17, 15) is 14.4 Å². The Bertz CT molecular complexity index is 1140. The SMILES string of the molecule is COC(=O)C(Cc1ccccc1)NC(=O)C(Cc1c[nH]c2ccccc12)NC(=O)C1CCCN1. The predicted octanol–water partition coefficient (Wildman–Crippen LogP) is 1.85. The predicted molar refractivity (Wildman–Crippen MR) is 129 cm³/mol. The van der Waals surface area contributed by atoms with Crippen molar-refractivity contribution >= 4 is 28.7 Å². The Labute approximate surface area is 198 Å². The van der Waals surface area contributed by atoms with E-state index in [1.54, 1.807) is 0 Å². The zero-order chi connectivity index (χ0) is 23.9. The van der Waals surface area contributed by atoms with Crippen molar-refractivity contribution in [1.29, 1.82) is 0 Å². The molecule has 4 N–H and O–H groups in total. The normalized spacial score (nSPS) is 17.1. The molecule has 178 valence electrons. The van der Waals surface area contributed by atoms with Crippen molar-refractivity contribution in [2.75, 3.05) is 13.7 Å². The van der Waals surface area contributed by atoms with E-state index in [0.29, 0.717) is 0 Å². The molecule has 3 aromatic rings. The van der Waals surface area contributed by atoms with Gasteiger partial charge in [0, 0.05) is 29.9 Å². The van der Waals surface area contributed by atoms with Crippen LogP contribution in [0.2, 0.25) is 0 Å². The van der Waals surface area contributed by atoms with Crippen LogP contribution in [0.25, 0.3) is 10.9 Å². The van der Waals surface area contributed by atoms with E-state index in [2.05, 4.69) is 20.9 Å². The van der Waals surface area contributed by atoms with Crippen molar-refractivity contribution in [3.63, 3.8) is 0 Å². The third kappa shape index (κ3) is 5.63. The summed E-state index contributed by atoms with van der Waals surface area (Å²) in [7, 11) is 1.30. The highest BCUT2D eigenvalue weighted by molar-refractivity contribution is 5.93. The summed E-state index contributed by atoms with van der Waals surface area (Å²) in [6, 6.07) is 15.2. The van der Waals surface area contributed by atoms with Crippen LogP contribution in [-0.2, 0) is 32.0 Å². The number of carbonyl (C=O) groups is 3. The number of hydrogen-bond acceptors (Lipinski definition) is 5. The quantitative estimate of drug-likeness (QED) is 0.363. The molecule has 4 rings (SSSR count). The molecule has 0 radical (unpaired) electrons. The summed E-state index contributed by atoms with van der Waals surface area (Å²) in [6.07, 6.45) is 4.07. The Kier molecular flexibility index (Phi) is 7.59. The second-order valence-electron chi connectivity index (χ2n) is 8.55. The van der Waals surface area contributed by atoms with Crippen LogP contribution < -0.4 is 16.0 Å². The van der Waals surface area contributed by atoms with Gasteiger partial charge in [0.05, 0.1) is 13.2 Å². The molecule has 0 bridgehead atoms. The molecule has 2 heterocycles. The number of hydrogen-bond donors (Lipinski definition) is 4. The number of fused-ring (bicyclic) bond motifs is 1. The fourth-order valence-electron chi connectivity index (χ4n) is 4.37. The fourth-order valence-corrected chi connectivity index (χ4v) is 4.37. The molecule has 0 aliphatic carbocycles.